The maximum absolute atomic E-state index is 12.5. The molecule has 7 heteroatoms. The predicted molar refractivity (Wildman–Crippen MR) is 85.2 cm³/mol. The van der Waals surface area contributed by atoms with Crippen molar-refractivity contribution in [3.63, 3.8) is 0 Å². The van der Waals surface area contributed by atoms with Crippen molar-refractivity contribution in [2.24, 2.45) is 11.8 Å². The summed E-state index contributed by atoms with van der Waals surface area (Å²) < 4.78 is 38.6. The Kier molecular flexibility index (Phi) is 6.69. The molecule has 0 aliphatic heterocycles. The van der Waals surface area contributed by atoms with E-state index in [1.54, 1.807) is 0 Å². The third-order valence-electron chi connectivity index (χ3n) is 4.75. The Morgan fingerprint density at radius 3 is 2.62 bits per heavy atom. The molecule has 0 saturated heterocycles. The van der Waals surface area contributed by atoms with Gasteiger partial charge >= 0.3 is 6.18 Å². The lowest BCUT2D eigenvalue weighted by molar-refractivity contribution is -0.141. The quantitative estimate of drug-likeness (QED) is 0.811. The first-order chi connectivity index (χ1) is 11.4. The molecule has 1 aromatic rings. The Hall–Kier alpha value is -1.53. The monoisotopic (exact) mass is 345 g/mol. The zero-order valence-electron chi connectivity index (χ0n) is 14.1. The average Bonchev–Trinajstić information content (AvgIpc) is 3.02. The fourth-order valence-electron chi connectivity index (χ4n) is 3.28. The number of nitrogens with one attached hydrogen (secondary N) is 1. The first kappa shape index (κ1) is 18.8. The minimum Gasteiger partial charge on any atom is -0.354 e. The molecule has 0 radical (unpaired) electrons. The number of hydrogen-bond acceptors (Lipinski definition) is 2. The van der Waals surface area contributed by atoms with Crippen LogP contribution in [-0.4, -0.2) is 22.2 Å². The van der Waals surface area contributed by atoms with E-state index in [0.717, 1.165) is 37.7 Å². The molecule has 1 amide bonds. The minimum atomic E-state index is -4.43. The Morgan fingerprint density at radius 2 is 2.04 bits per heavy atom. The summed E-state index contributed by atoms with van der Waals surface area (Å²) in [7, 11) is 0. The van der Waals surface area contributed by atoms with Crippen LogP contribution < -0.4 is 5.32 Å². The van der Waals surface area contributed by atoms with E-state index in [4.69, 9.17) is 0 Å². The molecule has 0 spiro atoms. The highest BCUT2D eigenvalue weighted by molar-refractivity contribution is 5.78. The van der Waals surface area contributed by atoms with Crippen LogP contribution in [0.4, 0.5) is 13.2 Å². The van der Waals surface area contributed by atoms with Crippen molar-refractivity contribution in [3.8, 4) is 0 Å². The lowest BCUT2D eigenvalue weighted by Gasteiger charge is -2.27. The van der Waals surface area contributed by atoms with Crippen LogP contribution in [0.2, 0.25) is 0 Å². The van der Waals surface area contributed by atoms with Crippen LogP contribution in [-0.2, 0) is 17.5 Å². The Bertz CT molecular complexity index is 519. The van der Waals surface area contributed by atoms with Crippen LogP contribution >= 0.6 is 0 Å². The topological polar surface area (TPSA) is 46.9 Å². The molecule has 1 N–H and O–H groups in total. The summed E-state index contributed by atoms with van der Waals surface area (Å²) in [6.45, 7) is 2.73. The largest absolute Gasteiger partial charge is 0.435 e. The molecular weight excluding hydrogens is 319 g/mol. The van der Waals surface area contributed by atoms with E-state index in [9.17, 15) is 18.0 Å². The Labute approximate surface area is 140 Å². The minimum absolute atomic E-state index is 0.0205. The van der Waals surface area contributed by atoms with Crippen LogP contribution in [0.1, 0.15) is 57.6 Å². The number of halogens is 3. The van der Waals surface area contributed by atoms with E-state index < -0.39 is 11.9 Å². The third kappa shape index (κ3) is 5.53. The number of unbranched alkanes of at least 4 members (excludes halogenated alkanes) is 1. The molecule has 1 saturated carbocycles. The van der Waals surface area contributed by atoms with Gasteiger partial charge in [-0.2, -0.15) is 18.3 Å². The van der Waals surface area contributed by atoms with Crippen LogP contribution in [0, 0.1) is 11.8 Å². The van der Waals surface area contributed by atoms with Gasteiger partial charge in [0.05, 0.1) is 6.54 Å². The highest BCUT2D eigenvalue weighted by atomic mass is 19.4. The maximum Gasteiger partial charge on any atom is 0.435 e. The van der Waals surface area contributed by atoms with Crippen LogP contribution in [0.25, 0.3) is 0 Å². The van der Waals surface area contributed by atoms with Crippen molar-refractivity contribution in [1.82, 2.24) is 15.1 Å². The lowest BCUT2D eigenvalue weighted by Crippen LogP contribution is -2.35. The summed E-state index contributed by atoms with van der Waals surface area (Å²) in [5.74, 6) is 0.817. The van der Waals surface area contributed by atoms with Crippen molar-refractivity contribution >= 4 is 5.91 Å². The van der Waals surface area contributed by atoms with Gasteiger partial charge in [-0.3, -0.25) is 9.48 Å². The number of amides is 1. The SMILES string of the molecule is CCCCC1CCC(C(=O)NCCn2ccc(C(F)(F)F)n2)CC1. The molecule has 0 unspecified atom stereocenters. The predicted octanol–water partition coefficient (Wildman–Crippen LogP) is 4.01. The fourth-order valence-corrected chi connectivity index (χ4v) is 3.28. The summed E-state index contributed by atoms with van der Waals surface area (Å²) in [5.41, 5.74) is -0.903. The summed E-state index contributed by atoms with van der Waals surface area (Å²) in [6.07, 6.45) is 4.62. The second kappa shape index (κ2) is 8.53. The van der Waals surface area contributed by atoms with Gasteiger partial charge in [-0.05, 0) is 37.7 Å². The molecule has 1 aromatic heterocycles. The lowest BCUT2D eigenvalue weighted by atomic mass is 9.79. The Morgan fingerprint density at radius 1 is 1.33 bits per heavy atom. The third-order valence-corrected chi connectivity index (χ3v) is 4.75. The normalized spacial score (nSPS) is 21.7. The smallest absolute Gasteiger partial charge is 0.354 e. The van der Waals surface area contributed by atoms with E-state index in [1.807, 2.05) is 0 Å². The second-order valence-corrected chi connectivity index (χ2v) is 6.61. The van der Waals surface area contributed by atoms with Crippen molar-refractivity contribution in [1.29, 1.82) is 0 Å². The van der Waals surface area contributed by atoms with Crippen molar-refractivity contribution < 1.29 is 18.0 Å². The molecule has 136 valence electrons. The molecular formula is C17H26F3N3O. The molecule has 1 aliphatic carbocycles. The van der Waals surface area contributed by atoms with Crippen molar-refractivity contribution in [2.45, 2.75) is 64.6 Å². The van der Waals surface area contributed by atoms with Crippen molar-refractivity contribution in [2.75, 3.05) is 6.54 Å². The zero-order chi connectivity index (χ0) is 17.6. The molecule has 0 atom stereocenters. The number of aromatic nitrogens is 2. The van der Waals surface area contributed by atoms with Gasteiger partial charge < -0.3 is 5.32 Å². The first-order valence-corrected chi connectivity index (χ1v) is 8.78. The van der Waals surface area contributed by atoms with Gasteiger partial charge in [0.2, 0.25) is 5.91 Å². The standard InChI is InChI=1S/C17H26F3N3O/c1-2-3-4-13-5-7-14(8-6-13)16(24)21-10-12-23-11-9-15(22-23)17(18,19)20/h9,11,13-14H,2-8,10,12H2,1H3,(H,21,24). The highest BCUT2D eigenvalue weighted by Gasteiger charge is 2.33. The summed E-state index contributed by atoms with van der Waals surface area (Å²) >= 11 is 0. The molecule has 0 bridgehead atoms. The van der Waals surface area contributed by atoms with Crippen LogP contribution in [0.15, 0.2) is 12.3 Å². The molecule has 2 rings (SSSR count). The van der Waals surface area contributed by atoms with E-state index >= 15 is 0 Å². The van der Waals surface area contributed by atoms with Gasteiger partial charge in [-0.1, -0.05) is 26.2 Å². The Balaban J connectivity index is 1.68. The fraction of sp³-hybridized carbons (Fsp3) is 0.765. The summed E-state index contributed by atoms with van der Waals surface area (Å²) in [6, 6.07) is 0.944. The molecule has 1 fully saturated rings. The number of hydrogen-bond donors (Lipinski definition) is 1. The molecule has 1 heterocycles. The van der Waals surface area contributed by atoms with E-state index in [-0.39, 0.29) is 18.4 Å². The van der Waals surface area contributed by atoms with Crippen LogP contribution in [0.5, 0.6) is 0 Å². The number of rotatable bonds is 7. The molecule has 4 nitrogen and oxygen atoms in total. The van der Waals surface area contributed by atoms with Gasteiger partial charge in [0.25, 0.3) is 0 Å². The number of nitrogens with zero attached hydrogens (tertiary/aromatic N) is 2. The highest BCUT2D eigenvalue weighted by Crippen LogP contribution is 2.32. The van der Waals surface area contributed by atoms with E-state index in [0.29, 0.717) is 6.54 Å². The summed E-state index contributed by atoms with van der Waals surface area (Å²) in [4.78, 5) is 12.2. The van der Waals surface area contributed by atoms with Gasteiger partial charge in [0.15, 0.2) is 5.69 Å². The second-order valence-electron chi connectivity index (χ2n) is 6.61. The van der Waals surface area contributed by atoms with Crippen LogP contribution in [0.3, 0.4) is 0 Å². The summed E-state index contributed by atoms with van der Waals surface area (Å²) in [5, 5.41) is 6.30. The van der Waals surface area contributed by atoms with Crippen molar-refractivity contribution in [3.05, 3.63) is 18.0 Å². The number of carbonyl (C=O) groups excluding carboxylic acids is 1. The van der Waals surface area contributed by atoms with E-state index in [2.05, 4.69) is 17.3 Å². The van der Waals surface area contributed by atoms with Gasteiger partial charge in [-0.15, -0.1) is 0 Å². The van der Waals surface area contributed by atoms with Gasteiger partial charge in [-0.25, -0.2) is 0 Å². The van der Waals surface area contributed by atoms with E-state index in [1.165, 1.54) is 30.1 Å². The molecule has 1 aliphatic rings. The number of carbonyl (C=O) groups is 1. The maximum atomic E-state index is 12.5. The van der Waals surface area contributed by atoms with Gasteiger partial charge in [0, 0.05) is 18.7 Å². The molecule has 0 aromatic carbocycles. The average molecular weight is 345 g/mol. The molecule has 24 heavy (non-hydrogen) atoms. The van der Waals surface area contributed by atoms with Gasteiger partial charge in [0.1, 0.15) is 0 Å². The number of alkyl halides is 3. The first-order valence-electron chi connectivity index (χ1n) is 8.78. The zero-order valence-corrected chi connectivity index (χ0v) is 14.1.